The molecule has 3 rings (SSSR count). The Kier molecular flexibility index (Phi) is 6.84. The molecule has 1 fully saturated rings. The molecule has 0 bridgehead atoms. The second-order valence-corrected chi connectivity index (χ2v) is 6.95. The van der Waals surface area contributed by atoms with Gasteiger partial charge in [-0.2, -0.15) is 0 Å². The van der Waals surface area contributed by atoms with Gasteiger partial charge in [0.2, 0.25) is 11.8 Å². The van der Waals surface area contributed by atoms with Gasteiger partial charge in [-0.25, -0.2) is 0 Å². The van der Waals surface area contributed by atoms with Gasteiger partial charge in [0.05, 0.1) is 18.4 Å². The van der Waals surface area contributed by atoms with Gasteiger partial charge in [-0.05, 0) is 43.5 Å². The summed E-state index contributed by atoms with van der Waals surface area (Å²) in [4.78, 5) is 36.5. The molecule has 7 nitrogen and oxygen atoms in total. The molecule has 0 aromatic heterocycles. The molecule has 0 heterocycles. The van der Waals surface area contributed by atoms with Gasteiger partial charge in [-0.3, -0.25) is 14.4 Å². The van der Waals surface area contributed by atoms with Crippen LogP contribution < -0.4 is 20.7 Å². The molecule has 2 aromatic carbocycles. The number of para-hydroxylation sites is 1. The van der Waals surface area contributed by atoms with Gasteiger partial charge < -0.3 is 20.7 Å². The van der Waals surface area contributed by atoms with Crippen LogP contribution in [0.2, 0.25) is 0 Å². The Hall–Kier alpha value is -3.35. The first-order chi connectivity index (χ1) is 14.1. The summed E-state index contributed by atoms with van der Waals surface area (Å²) >= 11 is 0. The quantitative estimate of drug-likeness (QED) is 0.568. The minimum absolute atomic E-state index is 0.0740. The number of hydrogen-bond acceptors (Lipinski definition) is 4. The summed E-state index contributed by atoms with van der Waals surface area (Å²) in [5, 5.41) is 8.43. The standard InChI is InChI=1S/C22H25N3O4/c1-29-17-7-4-6-16(14-17)24-22(28)18-8-2-3-9-19(18)25-20(26)10-5-13-23-21(27)15-11-12-15/h2-4,6-9,14-15H,5,10-13H2,1H3,(H,23,27)(H,24,28)(H,25,26). The normalized spacial score (nSPS) is 12.7. The van der Waals surface area contributed by atoms with E-state index in [2.05, 4.69) is 16.0 Å². The Labute approximate surface area is 169 Å². The summed E-state index contributed by atoms with van der Waals surface area (Å²) in [6.07, 6.45) is 2.72. The number of rotatable bonds is 9. The molecular formula is C22H25N3O4. The number of hydrogen-bond donors (Lipinski definition) is 3. The fraction of sp³-hybridized carbons (Fsp3) is 0.318. The average molecular weight is 395 g/mol. The topological polar surface area (TPSA) is 96.5 Å². The van der Waals surface area contributed by atoms with Crippen LogP contribution in [-0.4, -0.2) is 31.4 Å². The van der Waals surface area contributed by atoms with Crippen molar-refractivity contribution in [3.63, 3.8) is 0 Å². The predicted molar refractivity (Wildman–Crippen MR) is 111 cm³/mol. The highest BCUT2D eigenvalue weighted by Gasteiger charge is 2.29. The van der Waals surface area contributed by atoms with Crippen molar-refractivity contribution in [2.45, 2.75) is 25.7 Å². The monoisotopic (exact) mass is 395 g/mol. The summed E-state index contributed by atoms with van der Waals surface area (Å²) in [6.45, 7) is 0.473. The largest absolute Gasteiger partial charge is 0.497 e. The van der Waals surface area contributed by atoms with Crippen LogP contribution in [0.4, 0.5) is 11.4 Å². The van der Waals surface area contributed by atoms with Gasteiger partial charge in [0.25, 0.3) is 5.91 Å². The molecule has 1 aliphatic carbocycles. The van der Waals surface area contributed by atoms with E-state index >= 15 is 0 Å². The molecule has 3 N–H and O–H groups in total. The second kappa shape index (κ2) is 9.73. The molecule has 0 radical (unpaired) electrons. The molecule has 29 heavy (non-hydrogen) atoms. The van der Waals surface area contributed by atoms with Crippen LogP contribution >= 0.6 is 0 Å². The Bertz CT molecular complexity index is 893. The van der Waals surface area contributed by atoms with Crippen molar-refractivity contribution in [2.24, 2.45) is 5.92 Å². The lowest BCUT2D eigenvalue weighted by Gasteiger charge is -2.12. The van der Waals surface area contributed by atoms with Gasteiger partial charge in [0.1, 0.15) is 5.75 Å². The van der Waals surface area contributed by atoms with Crippen LogP contribution in [0.5, 0.6) is 5.75 Å². The number of carbonyl (C=O) groups excluding carboxylic acids is 3. The number of carbonyl (C=O) groups is 3. The molecule has 0 atom stereocenters. The number of amides is 3. The summed E-state index contributed by atoms with van der Waals surface area (Å²) in [5.74, 6) is 0.347. The van der Waals surface area contributed by atoms with Gasteiger partial charge in [0, 0.05) is 30.6 Å². The Balaban J connectivity index is 1.53. The van der Waals surface area contributed by atoms with Gasteiger partial charge in [-0.1, -0.05) is 18.2 Å². The fourth-order valence-corrected chi connectivity index (χ4v) is 2.85. The van der Waals surface area contributed by atoms with E-state index in [-0.39, 0.29) is 30.1 Å². The van der Waals surface area contributed by atoms with E-state index in [0.29, 0.717) is 35.7 Å². The third kappa shape index (κ3) is 6.07. The Morgan fingerprint density at radius 1 is 1.03 bits per heavy atom. The molecule has 7 heteroatoms. The molecule has 0 aliphatic heterocycles. The van der Waals surface area contributed by atoms with Crippen molar-refractivity contribution in [3.8, 4) is 5.75 Å². The van der Waals surface area contributed by atoms with Crippen LogP contribution in [0, 0.1) is 5.92 Å². The van der Waals surface area contributed by atoms with Crippen LogP contribution in [0.3, 0.4) is 0 Å². The van der Waals surface area contributed by atoms with E-state index in [9.17, 15) is 14.4 Å². The van der Waals surface area contributed by atoms with Crippen molar-refractivity contribution < 1.29 is 19.1 Å². The Morgan fingerprint density at radius 3 is 2.59 bits per heavy atom. The molecule has 0 unspecified atom stereocenters. The van der Waals surface area contributed by atoms with E-state index in [1.807, 2.05) is 0 Å². The van der Waals surface area contributed by atoms with Gasteiger partial charge >= 0.3 is 0 Å². The molecule has 0 saturated heterocycles. The number of anilines is 2. The zero-order valence-corrected chi connectivity index (χ0v) is 16.4. The minimum Gasteiger partial charge on any atom is -0.497 e. The van der Waals surface area contributed by atoms with Crippen molar-refractivity contribution in [1.29, 1.82) is 0 Å². The van der Waals surface area contributed by atoms with E-state index in [1.165, 1.54) is 0 Å². The minimum atomic E-state index is -0.328. The van der Waals surface area contributed by atoms with Crippen molar-refractivity contribution >= 4 is 29.1 Å². The molecule has 1 saturated carbocycles. The summed E-state index contributed by atoms with van der Waals surface area (Å²) in [7, 11) is 1.56. The maximum atomic E-state index is 12.7. The van der Waals surface area contributed by atoms with Crippen LogP contribution in [-0.2, 0) is 9.59 Å². The first-order valence-corrected chi connectivity index (χ1v) is 9.69. The first-order valence-electron chi connectivity index (χ1n) is 9.69. The van der Waals surface area contributed by atoms with Crippen LogP contribution in [0.25, 0.3) is 0 Å². The van der Waals surface area contributed by atoms with Crippen molar-refractivity contribution in [2.75, 3.05) is 24.3 Å². The summed E-state index contributed by atoms with van der Waals surface area (Å²) in [6, 6.07) is 13.9. The maximum Gasteiger partial charge on any atom is 0.257 e. The molecule has 2 aromatic rings. The number of methoxy groups -OCH3 is 1. The summed E-state index contributed by atoms with van der Waals surface area (Å²) < 4.78 is 5.16. The lowest BCUT2D eigenvalue weighted by molar-refractivity contribution is -0.122. The Morgan fingerprint density at radius 2 is 1.83 bits per heavy atom. The van der Waals surface area contributed by atoms with Gasteiger partial charge in [-0.15, -0.1) is 0 Å². The smallest absolute Gasteiger partial charge is 0.257 e. The fourth-order valence-electron chi connectivity index (χ4n) is 2.85. The third-order valence-corrected chi connectivity index (χ3v) is 4.60. The van der Waals surface area contributed by atoms with Crippen LogP contribution in [0.15, 0.2) is 48.5 Å². The zero-order chi connectivity index (χ0) is 20.6. The van der Waals surface area contributed by atoms with Crippen LogP contribution in [0.1, 0.15) is 36.0 Å². The lowest BCUT2D eigenvalue weighted by Crippen LogP contribution is -2.26. The lowest BCUT2D eigenvalue weighted by atomic mass is 10.1. The molecule has 0 spiro atoms. The summed E-state index contributed by atoms with van der Waals surface area (Å²) in [5.41, 5.74) is 1.41. The highest BCUT2D eigenvalue weighted by atomic mass is 16.5. The first kappa shape index (κ1) is 20.4. The van der Waals surface area contributed by atoms with E-state index in [1.54, 1.807) is 55.6 Å². The van der Waals surface area contributed by atoms with E-state index in [4.69, 9.17) is 4.74 Å². The predicted octanol–water partition coefficient (Wildman–Crippen LogP) is 3.19. The molecule has 152 valence electrons. The molecule has 3 amide bonds. The third-order valence-electron chi connectivity index (χ3n) is 4.60. The number of nitrogens with one attached hydrogen (secondary N) is 3. The molecular weight excluding hydrogens is 370 g/mol. The van der Waals surface area contributed by atoms with E-state index < -0.39 is 0 Å². The average Bonchev–Trinajstić information content (AvgIpc) is 3.57. The second-order valence-electron chi connectivity index (χ2n) is 6.95. The number of benzene rings is 2. The zero-order valence-electron chi connectivity index (χ0n) is 16.4. The van der Waals surface area contributed by atoms with E-state index in [0.717, 1.165) is 12.8 Å². The maximum absolute atomic E-state index is 12.7. The SMILES string of the molecule is COc1cccc(NC(=O)c2ccccc2NC(=O)CCCNC(=O)C2CC2)c1. The van der Waals surface area contributed by atoms with Crippen molar-refractivity contribution in [3.05, 3.63) is 54.1 Å². The highest BCUT2D eigenvalue weighted by Crippen LogP contribution is 2.28. The van der Waals surface area contributed by atoms with Gasteiger partial charge in [0.15, 0.2) is 0 Å². The highest BCUT2D eigenvalue weighted by molar-refractivity contribution is 6.10. The molecule has 1 aliphatic rings. The van der Waals surface area contributed by atoms with Crippen molar-refractivity contribution in [1.82, 2.24) is 5.32 Å². The number of ether oxygens (including phenoxy) is 1.